The Kier molecular flexibility index (Phi) is 5.14. The minimum Gasteiger partial charge on any atom is -0.467 e. The Hall–Kier alpha value is -1.40. The number of pyridine rings is 1. The van der Waals surface area contributed by atoms with E-state index in [1.54, 1.807) is 12.4 Å². The van der Waals surface area contributed by atoms with Gasteiger partial charge < -0.3 is 10.1 Å². The highest BCUT2D eigenvalue weighted by Crippen LogP contribution is 2.24. The minimum absolute atomic E-state index is 0.370. The standard InChI is InChI=1S/C14H12Br2N2O2/c1-20-14(19)13(9-5-11(16)8-17-7-9)18-12-4-2-3-10(15)6-12/h2-8,13,18H,1H3. The molecule has 2 rings (SSSR count). The fraction of sp³-hybridized carbons (Fsp3) is 0.143. The number of carbonyl (C=O) groups is 1. The van der Waals surface area contributed by atoms with Crippen molar-refractivity contribution in [2.24, 2.45) is 0 Å². The lowest BCUT2D eigenvalue weighted by Gasteiger charge is -2.18. The van der Waals surface area contributed by atoms with Gasteiger partial charge in [0.25, 0.3) is 0 Å². The zero-order valence-electron chi connectivity index (χ0n) is 10.6. The molecule has 6 heteroatoms. The van der Waals surface area contributed by atoms with Crippen LogP contribution in [0.5, 0.6) is 0 Å². The van der Waals surface area contributed by atoms with Crippen molar-refractivity contribution in [2.75, 3.05) is 12.4 Å². The van der Waals surface area contributed by atoms with Gasteiger partial charge in [-0.3, -0.25) is 4.98 Å². The van der Waals surface area contributed by atoms with Crippen LogP contribution in [0.25, 0.3) is 0 Å². The summed E-state index contributed by atoms with van der Waals surface area (Å²) in [5.41, 5.74) is 1.54. The average Bonchev–Trinajstić information content (AvgIpc) is 2.44. The second-order valence-electron chi connectivity index (χ2n) is 4.05. The van der Waals surface area contributed by atoms with Gasteiger partial charge >= 0.3 is 5.97 Å². The first kappa shape index (κ1) is 15.0. The second kappa shape index (κ2) is 6.85. The van der Waals surface area contributed by atoms with E-state index in [2.05, 4.69) is 42.2 Å². The number of hydrogen-bond donors (Lipinski definition) is 1. The maximum Gasteiger partial charge on any atom is 0.333 e. The number of ether oxygens (including phenoxy) is 1. The SMILES string of the molecule is COC(=O)C(Nc1cccc(Br)c1)c1cncc(Br)c1. The van der Waals surface area contributed by atoms with Crippen LogP contribution in [0.1, 0.15) is 11.6 Å². The van der Waals surface area contributed by atoms with Crippen LogP contribution in [0, 0.1) is 0 Å². The van der Waals surface area contributed by atoms with E-state index in [0.29, 0.717) is 0 Å². The van der Waals surface area contributed by atoms with Crippen molar-refractivity contribution in [3.05, 3.63) is 57.2 Å². The first-order chi connectivity index (χ1) is 9.60. The molecule has 1 aromatic heterocycles. The third-order valence-electron chi connectivity index (χ3n) is 2.63. The van der Waals surface area contributed by atoms with E-state index in [1.807, 2.05) is 30.3 Å². The van der Waals surface area contributed by atoms with Gasteiger partial charge in [0.2, 0.25) is 0 Å². The fourth-order valence-corrected chi connectivity index (χ4v) is 2.51. The van der Waals surface area contributed by atoms with E-state index < -0.39 is 6.04 Å². The second-order valence-corrected chi connectivity index (χ2v) is 5.88. The molecule has 0 fully saturated rings. The molecule has 0 radical (unpaired) electrons. The molecule has 0 aliphatic carbocycles. The third kappa shape index (κ3) is 3.80. The smallest absolute Gasteiger partial charge is 0.333 e. The largest absolute Gasteiger partial charge is 0.467 e. The van der Waals surface area contributed by atoms with Gasteiger partial charge in [-0.25, -0.2) is 4.79 Å². The van der Waals surface area contributed by atoms with E-state index in [4.69, 9.17) is 4.74 Å². The number of rotatable bonds is 4. The molecule has 1 atom stereocenters. The molecular formula is C14H12Br2N2O2. The molecule has 0 amide bonds. The van der Waals surface area contributed by atoms with Crippen LogP contribution in [0.2, 0.25) is 0 Å². The maximum atomic E-state index is 12.0. The normalized spacial score (nSPS) is 11.8. The predicted octanol–water partition coefficient (Wildman–Crippen LogP) is 3.93. The molecule has 0 aliphatic rings. The highest BCUT2D eigenvalue weighted by Gasteiger charge is 2.22. The number of carbonyl (C=O) groups excluding carboxylic acids is 1. The van der Waals surface area contributed by atoms with Crippen LogP contribution in [-0.4, -0.2) is 18.1 Å². The molecule has 0 saturated carbocycles. The number of methoxy groups -OCH3 is 1. The van der Waals surface area contributed by atoms with Crippen molar-refractivity contribution in [1.29, 1.82) is 0 Å². The quantitative estimate of drug-likeness (QED) is 0.791. The molecule has 20 heavy (non-hydrogen) atoms. The first-order valence-corrected chi connectivity index (χ1v) is 7.39. The number of esters is 1. The molecule has 104 valence electrons. The van der Waals surface area contributed by atoms with Crippen molar-refractivity contribution in [3.8, 4) is 0 Å². The Morgan fingerprint density at radius 2 is 2.05 bits per heavy atom. The van der Waals surface area contributed by atoms with Gasteiger partial charge in [0.1, 0.15) is 0 Å². The third-order valence-corrected chi connectivity index (χ3v) is 3.56. The van der Waals surface area contributed by atoms with Crippen LogP contribution >= 0.6 is 31.9 Å². The molecule has 1 unspecified atom stereocenters. The zero-order chi connectivity index (χ0) is 14.5. The first-order valence-electron chi connectivity index (χ1n) is 5.80. The van der Waals surface area contributed by atoms with Gasteiger partial charge in [-0.15, -0.1) is 0 Å². The molecular weight excluding hydrogens is 388 g/mol. The number of halogens is 2. The molecule has 4 nitrogen and oxygen atoms in total. The van der Waals surface area contributed by atoms with Gasteiger partial charge in [0.05, 0.1) is 7.11 Å². The molecule has 0 aliphatic heterocycles. The molecule has 0 bridgehead atoms. The highest BCUT2D eigenvalue weighted by molar-refractivity contribution is 9.10. The number of anilines is 1. The summed E-state index contributed by atoms with van der Waals surface area (Å²) in [5.74, 6) is -0.370. The van der Waals surface area contributed by atoms with Crippen molar-refractivity contribution < 1.29 is 9.53 Å². The molecule has 1 heterocycles. The Morgan fingerprint density at radius 3 is 2.70 bits per heavy atom. The Balaban J connectivity index is 2.31. The number of nitrogens with zero attached hydrogens (tertiary/aromatic N) is 1. The minimum atomic E-state index is -0.612. The number of hydrogen-bond acceptors (Lipinski definition) is 4. The Bertz CT molecular complexity index is 620. The average molecular weight is 400 g/mol. The summed E-state index contributed by atoms with van der Waals surface area (Å²) in [6.45, 7) is 0. The summed E-state index contributed by atoms with van der Waals surface area (Å²) >= 11 is 6.75. The van der Waals surface area contributed by atoms with E-state index in [1.165, 1.54) is 7.11 Å². The van der Waals surface area contributed by atoms with Crippen LogP contribution < -0.4 is 5.32 Å². The Labute approximate surface area is 133 Å². The highest BCUT2D eigenvalue weighted by atomic mass is 79.9. The van der Waals surface area contributed by atoms with Crippen molar-refractivity contribution in [1.82, 2.24) is 4.98 Å². The van der Waals surface area contributed by atoms with Crippen molar-refractivity contribution in [2.45, 2.75) is 6.04 Å². The molecule has 0 saturated heterocycles. The lowest BCUT2D eigenvalue weighted by molar-refractivity contribution is -0.141. The fourth-order valence-electron chi connectivity index (χ4n) is 1.73. The molecule has 0 spiro atoms. The van der Waals surface area contributed by atoms with Gasteiger partial charge in [0, 0.05) is 32.6 Å². The number of aromatic nitrogens is 1. The lowest BCUT2D eigenvalue weighted by atomic mass is 10.1. The number of benzene rings is 1. The van der Waals surface area contributed by atoms with Crippen LogP contribution in [0.4, 0.5) is 5.69 Å². The molecule has 1 aromatic carbocycles. The number of nitrogens with one attached hydrogen (secondary N) is 1. The van der Waals surface area contributed by atoms with Crippen molar-refractivity contribution >= 4 is 43.5 Å². The summed E-state index contributed by atoms with van der Waals surface area (Å²) in [4.78, 5) is 16.1. The predicted molar refractivity (Wildman–Crippen MR) is 84.5 cm³/mol. The molecule has 1 N–H and O–H groups in total. The van der Waals surface area contributed by atoms with Gasteiger partial charge in [-0.05, 0) is 40.2 Å². The lowest BCUT2D eigenvalue weighted by Crippen LogP contribution is -2.22. The Morgan fingerprint density at radius 1 is 1.25 bits per heavy atom. The van der Waals surface area contributed by atoms with Gasteiger partial charge in [-0.2, -0.15) is 0 Å². The van der Waals surface area contributed by atoms with E-state index in [-0.39, 0.29) is 5.97 Å². The maximum absolute atomic E-state index is 12.0. The zero-order valence-corrected chi connectivity index (χ0v) is 13.8. The summed E-state index contributed by atoms with van der Waals surface area (Å²) in [5, 5.41) is 3.15. The molecule has 2 aromatic rings. The van der Waals surface area contributed by atoms with Gasteiger partial charge in [0.15, 0.2) is 6.04 Å². The monoisotopic (exact) mass is 398 g/mol. The van der Waals surface area contributed by atoms with E-state index >= 15 is 0 Å². The van der Waals surface area contributed by atoms with Crippen LogP contribution in [0.3, 0.4) is 0 Å². The van der Waals surface area contributed by atoms with Crippen LogP contribution in [-0.2, 0) is 9.53 Å². The van der Waals surface area contributed by atoms with E-state index in [9.17, 15) is 4.79 Å². The summed E-state index contributed by atoms with van der Waals surface area (Å²) < 4.78 is 6.59. The summed E-state index contributed by atoms with van der Waals surface area (Å²) in [6.07, 6.45) is 3.30. The van der Waals surface area contributed by atoms with E-state index in [0.717, 1.165) is 20.2 Å². The van der Waals surface area contributed by atoms with Crippen LogP contribution in [0.15, 0.2) is 51.7 Å². The summed E-state index contributed by atoms with van der Waals surface area (Å²) in [7, 11) is 1.36. The summed E-state index contributed by atoms with van der Waals surface area (Å²) in [6, 6.07) is 8.80. The topological polar surface area (TPSA) is 51.2 Å². The van der Waals surface area contributed by atoms with Crippen molar-refractivity contribution in [3.63, 3.8) is 0 Å². The van der Waals surface area contributed by atoms with Gasteiger partial charge in [-0.1, -0.05) is 22.0 Å².